The van der Waals surface area contributed by atoms with Crippen LogP contribution in [0.4, 0.5) is 5.69 Å². The van der Waals surface area contributed by atoms with E-state index in [4.69, 9.17) is 8.83 Å². The molecule has 0 atom stereocenters. The van der Waals surface area contributed by atoms with Gasteiger partial charge in [0.1, 0.15) is 0 Å². The highest BCUT2D eigenvalue weighted by atomic mass is 32.2. The van der Waals surface area contributed by atoms with Gasteiger partial charge in [0, 0.05) is 16.8 Å². The predicted octanol–water partition coefficient (Wildman–Crippen LogP) is 3.84. The van der Waals surface area contributed by atoms with E-state index < -0.39 is 10.0 Å². The number of hydrogen-bond acceptors (Lipinski definition) is 9. The van der Waals surface area contributed by atoms with Gasteiger partial charge in [0.25, 0.3) is 5.22 Å². The van der Waals surface area contributed by atoms with E-state index in [2.05, 4.69) is 25.1 Å². The first-order valence-electron chi connectivity index (χ1n) is 8.97. The van der Waals surface area contributed by atoms with Crippen LogP contribution < -0.4 is 4.72 Å². The minimum atomic E-state index is -3.32. The van der Waals surface area contributed by atoms with Gasteiger partial charge in [0.05, 0.1) is 11.5 Å². The number of sulfonamides is 1. The Morgan fingerprint density at radius 1 is 0.867 bits per heavy atom. The zero-order chi connectivity index (χ0) is 21.0. The van der Waals surface area contributed by atoms with Gasteiger partial charge in [-0.15, -0.1) is 20.4 Å². The van der Waals surface area contributed by atoms with Gasteiger partial charge in [-0.25, -0.2) is 8.42 Å². The molecule has 2 aromatic heterocycles. The minimum Gasteiger partial charge on any atom is -0.420 e. The first kappa shape index (κ1) is 20.1. The van der Waals surface area contributed by atoms with Crippen LogP contribution in [-0.4, -0.2) is 34.6 Å². The molecule has 154 valence electrons. The first-order valence-corrected chi connectivity index (χ1v) is 11.6. The molecule has 0 bridgehead atoms. The van der Waals surface area contributed by atoms with Crippen LogP contribution in [0.5, 0.6) is 0 Å². The fraction of sp³-hybridized carbons (Fsp3) is 0.158. The molecular weight excluding hydrogens is 426 g/mol. The van der Waals surface area contributed by atoms with Gasteiger partial charge >= 0.3 is 0 Å². The van der Waals surface area contributed by atoms with Crippen LogP contribution in [0.25, 0.3) is 22.9 Å². The van der Waals surface area contributed by atoms with Crippen molar-refractivity contribution in [3.63, 3.8) is 0 Å². The fourth-order valence-corrected chi connectivity index (χ4v) is 3.69. The van der Waals surface area contributed by atoms with Gasteiger partial charge < -0.3 is 8.83 Å². The van der Waals surface area contributed by atoms with Crippen molar-refractivity contribution in [2.24, 2.45) is 0 Å². The Morgan fingerprint density at radius 2 is 1.53 bits per heavy atom. The molecule has 2 heterocycles. The van der Waals surface area contributed by atoms with Gasteiger partial charge in [-0.1, -0.05) is 30.0 Å². The molecule has 4 rings (SSSR count). The van der Waals surface area contributed by atoms with E-state index in [1.165, 1.54) is 11.8 Å². The maximum atomic E-state index is 11.6. The number of hydrogen-bond donors (Lipinski definition) is 1. The summed E-state index contributed by atoms with van der Waals surface area (Å²) >= 11 is 1.28. The van der Waals surface area contributed by atoms with E-state index in [1.54, 1.807) is 31.2 Å². The molecule has 4 aromatic rings. The van der Waals surface area contributed by atoms with E-state index >= 15 is 0 Å². The van der Waals surface area contributed by atoms with Crippen molar-refractivity contribution in [2.45, 2.75) is 17.9 Å². The second-order valence-electron chi connectivity index (χ2n) is 6.11. The molecule has 30 heavy (non-hydrogen) atoms. The summed E-state index contributed by atoms with van der Waals surface area (Å²) in [6.45, 7) is 1.57. The molecular formula is C19H17N5O4S2. The van der Waals surface area contributed by atoms with Crippen molar-refractivity contribution >= 4 is 27.5 Å². The highest BCUT2D eigenvalue weighted by Crippen LogP contribution is 2.27. The number of benzene rings is 2. The van der Waals surface area contributed by atoms with Crippen LogP contribution >= 0.6 is 11.8 Å². The average molecular weight is 444 g/mol. The van der Waals surface area contributed by atoms with Crippen LogP contribution in [0.3, 0.4) is 0 Å². The van der Waals surface area contributed by atoms with E-state index in [0.29, 0.717) is 39.9 Å². The maximum Gasteiger partial charge on any atom is 0.277 e. The van der Waals surface area contributed by atoms with Gasteiger partial charge in [0.2, 0.25) is 27.7 Å². The van der Waals surface area contributed by atoms with Crippen molar-refractivity contribution in [2.75, 3.05) is 10.5 Å². The molecule has 0 amide bonds. The molecule has 0 radical (unpaired) electrons. The Labute approximate surface area is 177 Å². The second kappa shape index (κ2) is 8.67. The summed E-state index contributed by atoms with van der Waals surface area (Å²) in [5.74, 6) is 1.63. The first-order chi connectivity index (χ1) is 14.5. The van der Waals surface area contributed by atoms with Crippen LogP contribution in [0.2, 0.25) is 0 Å². The zero-order valence-electron chi connectivity index (χ0n) is 15.8. The smallest absolute Gasteiger partial charge is 0.277 e. The molecule has 11 heteroatoms. The van der Waals surface area contributed by atoms with Gasteiger partial charge in [-0.05, 0) is 43.3 Å². The van der Waals surface area contributed by atoms with Crippen LogP contribution in [0.15, 0.2) is 68.7 Å². The summed E-state index contributed by atoms with van der Waals surface area (Å²) in [4.78, 5) is 0. The van der Waals surface area contributed by atoms with Crippen LogP contribution in [0.1, 0.15) is 12.8 Å². The third-order valence-corrected chi connectivity index (χ3v) is 6.11. The van der Waals surface area contributed by atoms with Crippen LogP contribution in [-0.2, 0) is 15.8 Å². The maximum absolute atomic E-state index is 11.6. The number of nitrogens with one attached hydrogen (secondary N) is 1. The predicted molar refractivity (Wildman–Crippen MR) is 112 cm³/mol. The van der Waals surface area contributed by atoms with Crippen molar-refractivity contribution in [1.82, 2.24) is 20.4 Å². The van der Waals surface area contributed by atoms with E-state index in [1.807, 2.05) is 30.3 Å². The summed E-state index contributed by atoms with van der Waals surface area (Å²) in [6.07, 6.45) is 0. The van der Waals surface area contributed by atoms with E-state index in [-0.39, 0.29) is 5.75 Å². The molecule has 0 saturated heterocycles. The molecule has 0 aliphatic carbocycles. The minimum absolute atomic E-state index is 0.00584. The van der Waals surface area contributed by atoms with Gasteiger partial charge in [0.15, 0.2) is 0 Å². The van der Waals surface area contributed by atoms with Gasteiger partial charge in [-0.3, -0.25) is 4.72 Å². The molecule has 0 aliphatic rings. The number of aromatic nitrogens is 4. The number of rotatable bonds is 8. The lowest BCUT2D eigenvalue weighted by Gasteiger charge is -2.05. The summed E-state index contributed by atoms with van der Waals surface area (Å²) in [5.41, 5.74) is 2.00. The monoisotopic (exact) mass is 443 g/mol. The summed E-state index contributed by atoms with van der Waals surface area (Å²) in [7, 11) is -3.32. The third kappa shape index (κ3) is 4.86. The Kier molecular flexibility index (Phi) is 5.81. The molecule has 0 spiro atoms. The van der Waals surface area contributed by atoms with Gasteiger partial charge in [-0.2, -0.15) is 0 Å². The largest absolute Gasteiger partial charge is 0.420 e. The van der Waals surface area contributed by atoms with E-state index in [0.717, 1.165) is 5.56 Å². The lowest BCUT2D eigenvalue weighted by atomic mass is 10.2. The van der Waals surface area contributed by atoms with E-state index in [9.17, 15) is 8.42 Å². The standard InChI is InChI=1S/C19H17N5O4S2/c1-2-30(25,26)24-15-10-8-14(9-11-15)18-22-23-19(28-18)29-12-16-20-21-17(27-16)13-6-4-3-5-7-13/h3-11,24H,2,12H2,1H3. The van der Waals surface area contributed by atoms with Crippen molar-refractivity contribution in [3.8, 4) is 22.9 Å². The quantitative estimate of drug-likeness (QED) is 0.404. The molecule has 9 nitrogen and oxygen atoms in total. The Balaban J connectivity index is 1.38. The lowest BCUT2D eigenvalue weighted by molar-refractivity contribution is 0.464. The Hall–Kier alpha value is -3.18. The van der Waals surface area contributed by atoms with Crippen molar-refractivity contribution in [1.29, 1.82) is 0 Å². The molecule has 0 saturated carbocycles. The normalized spacial score (nSPS) is 11.5. The number of thioether (sulfide) groups is 1. The lowest BCUT2D eigenvalue weighted by Crippen LogP contribution is -2.14. The number of anilines is 1. The molecule has 2 aromatic carbocycles. The summed E-state index contributed by atoms with van der Waals surface area (Å²) in [6, 6.07) is 16.2. The van der Waals surface area contributed by atoms with Crippen LogP contribution in [0, 0.1) is 0 Å². The highest BCUT2D eigenvalue weighted by Gasteiger charge is 2.13. The number of nitrogens with zero attached hydrogens (tertiary/aromatic N) is 4. The zero-order valence-corrected chi connectivity index (χ0v) is 17.5. The van der Waals surface area contributed by atoms with Crippen molar-refractivity contribution in [3.05, 3.63) is 60.5 Å². The molecule has 0 aliphatic heterocycles. The highest BCUT2D eigenvalue weighted by molar-refractivity contribution is 7.98. The molecule has 1 N–H and O–H groups in total. The average Bonchev–Trinajstić information content (AvgIpc) is 3.43. The summed E-state index contributed by atoms with van der Waals surface area (Å²) in [5, 5.41) is 16.5. The molecule has 0 unspecified atom stereocenters. The molecule has 0 fully saturated rings. The summed E-state index contributed by atoms with van der Waals surface area (Å²) < 4.78 is 37.0. The Bertz CT molecular complexity index is 1220. The fourth-order valence-electron chi connectivity index (χ4n) is 2.45. The Morgan fingerprint density at radius 3 is 2.27 bits per heavy atom. The SMILES string of the molecule is CCS(=O)(=O)Nc1ccc(-c2nnc(SCc3nnc(-c4ccccc4)o3)o2)cc1. The third-order valence-electron chi connectivity index (χ3n) is 4.00. The topological polar surface area (TPSA) is 124 Å². The second-order valence-corrected chi connectivity index (χ2v) is 9.05. The van der Waals surface area contributed by atoms with Crippen molar-refractivity contribution < 1.29 is 17.3 Å².